The monoisotopic (exact) mass is 374 g/mol. The van der Waals surface area contributed by atoms with Gasteiger partial charge in [0.25, 0.3) is 0 Å². The fourth-order valence-corrected chi connectivity index (χ4v) is 3.59. The van der Waals surface area contributed by atoms with Gasteiger partial charge >= 0.3 is 0 Å². The van der Waals surface area contributed by atoms with Crippen LogP contribution in [0.4, 0.5) is 0 Å². The van der Waals surface area contributed by atoms with E-state index in [2.05, 4.69) is 10.5 Å². The van der Waals surface area contributed by atoms with Crippen LogP contribution < -0.4 is 14.8 Å². The number of aliphatic hydroxyl groups is 1. The van der Waals surface area contributed by atoms with Gasteiger partial charge in [-0.05, 0) is 70.7 Å². The van der Waals surface area contributed by atoms with Crippen molar-refractivity contribution in [2.45, 2.75) is 70.7 Å². The summed E-state index contributed by atoms with van der Waals surface area (Å²) in [6.07, 6.45) is 3.73. The summed E-state index contributed by atoms with van der Waals surface area (Å²) in [6, 6.07) is 9.78. The molecule has 0 aliphatic heterocycles. The van der Waals surface area contributed by atoms with E-state index in [1.165, 1.54) is 0 Å². The number of hydrogen-bond donors (Lipinski definition) is 2. The number of aromatic nitrogens is 1. The molecular formula is C21H30N2O4. The van der Waals surface area contributed by atoms with E-state index in [9.17, 15) is 5.11 Å². The third kappa shape index (κ3) is 5.47. The highest BCUT2D eigenvalue weighted by molar-refractivity contribution is 5.31. The zero-order valence-corrected chi connectivity index (χ0v) is 16.4. The molecule has 1 aromatic carbocycles. The predicted octanol–water partition coefficient (Wildman–Crippen LogP) is 4.17. The molecule has 0 bridgehead atoms. The van der Waals surface area contributed by atoms with E-state index in [4.69, 9.17) is 14.0 Å². The average Bonchev–Trinajstić information content (AvgIpc) is 3.14. The fourth-order valence-electron chi connectivity index (χ4n) is 3.59. The second-order valence-electron chi connectivity index (χ2n) is 7.21. The molecule has 1 heterocycles. The molecule has 1 fully saturated rings. The van der Waals surface area contributed by atoms with E-state index in [0.717, 1.165) is 48.6 Å². The summed E-state index contributed by atoms with van der Waals surface area (Å²) in [4.78, 5) is 0. The van der Waals surface area contributed by atoms with Gasteiger partial charge in [0.1, 0.15) is 17.7 Å². The third-order valence-corrected chi connectivity index (χ3v) is 4.99. The maximum Gasteiger partial charge on any atom is 0.153 e. The second kappa shape index (κ2) is 9.24. The zero-order valence-electron chi connectivity index (χ0n) is 16.4. The van der Waals surface area contributed by atoms with Crippen LogP contribution in [0.15, 0.2) is 34.9 Å². The Kier molecular flexibility index (Phi) is 6.74. The Hall–Kier alpha value is -2.05. The lowest BCUT2D eigenvalue weighted by Gasteiger charge is -2.27. The molecule has 2 atom stereocenters. The molecule has 0 saturated heterocycles. The highest BCUT2D eigenvalue weighted by atomic mass is 16.5. The van der Waals surface area contributed by atoms with E-state index < -0.39 is 6.23 Å². The molecule has 2 aromatic rings. The fraction of sp³-hybridized carbons (Fsp3) is 0.571. The van der Waals surface area contributed by atoms with Crippen LogP contribution in [0.25, 0.3) is 0 Å². The summed E-state index contributed by atoms with van der Waals surface area (Å²) in [6.45, 7) is 6.30. The molecule has 148 valence electrons. The number of rotatable bonds is 8. The SMILES string of the molecule is CCOc1ccc(OC2CCC(c3cc([C@H](C)NC(C)O)on3)CC2)cc1. The van der Waals surface area contributed by atoms with Gasteiger partial charge in [-0.2, -0.15) is 0 Å². The van der Waals surface area contributed by atoms with E-state index in [-0.39, 0.29) is 12.1 Å². The number of nitrogens with zero attached hydrogens (tertiary/aromatic N) is 1. The van der Waals surface area contributed by atoms with Crippen LogP contribution in [0, 0.1) is 0 Å². The van der Waals surface area contributed by atoms with Crippen molar-refractivity contribution in [3.05, 3.63) is 41.8 Å². The second-order valence-corrected chi connectivity index (χ2v) is 7.21. The lowest BCUT2D eigenvalue weighted by atomic mass is 9.85. The van der Waals surface area contributed by atoms with E-state index >= 15 is 0 Å². The van der Waals surface area contributed by atoms with Crippen LogP contribution in [0.1, 0.15) is 69.9 Å². The first-order chi connectivity index (χ1) is 13.0. The quantitative estimate of drug-likeness (QED) is 0.676. The number of benzene rings is 1. The summed E-state index contributed by atoms with van der Waals surface area (Å²) in [5, 5.41) is 16.7. The van der Waals surface area contributed by atoms with Crippen LogP contribution >= 0.6 is 0 Å². The Morgan fingerprint density at radius 1 is 1.15 bits per heavy atom. The Morgan fingerprint density at radius 3 is 2.44 bits per heavy atom. The van der Waals surface area contributed by atoms with Gasteiger partial charge < -0.3 is 19.1 Å². The molecule has 6 nitrogen and oxygen atoms in total. The Balaban J connectivity index is 1.49. The minimum absolute atomic E-state index is 0.0643. The third-order valence-electron chi connectivity index (χ3n) is 4.99. The maximum absolute atomic E-state index is 9.44. The lowest BCUT2D eigenvalue weighted by molar-refractivity contribution is 0.136. The molecule has 6 heteroatoms. The normalized spacial score (nSPS) is 22.2. The van der Waals surface area contributed by atoms with Crippen molar-refractivity contribution < 1.29 is 19.1 Å². The van der Waals surface area contributed by atoms with E-state index in [1.54, 1.807) is 6.92 Å². The van der Waals surface area contributed by atoms with Gasteiger partial charge in [0.15, 0.2) is 5.76 Å². The van der Waals surface area contributed by atoms with Crippen molar-refractivity contribution in [3.63, 3.8) is 0 Å². The summed E-state index contributed by atoms with van der Waals surface area (Å²) < 4.78 is 17.1. The molecule has 2 N–H and O–H groups in total. The highest BCUT2D eigenvalue weighted by Gasteiger charge is 2.26. The Morgan fingerprint density at radius 2 is 1.81 bits per heavy atom. The van der Waals surface area contributed by atoms with Crippen LogP contribution in [0.3, 0.4) is 0 Å². The van der Waals surface area contributed by atoms with E-state index in [0.29, 0.717) is 12.5 Å². The smallest absolute Gasteiger partial charge is 0.153 e. The average molecular weight is 374 g/mol. The van der Waals surface area contributed by atoms with Crippen LogP contribution in [0.5, 0.6) is 11.5 Å². The molecular weight excluding hydrogens is 344 g/mol. The predicted molar refractivity (Wildman–Crippen MR) is 103 cm³/mol. The molecule has 27 heavy (non-hydrogen) atoms. The molecule has 0 amide bonds. The van der Waals surface area contributed by atoms with Crippen molar-refractivity contribution in [1.82, 2.24) is 10.5 Å². The van der Waals surface area contributed by atoms with Crippen molar-refractivity contribution in [2.75, 3.05) is 6.61 Å². The first-order valence-electron chi connectivity index (χ1n) is 9.85. The summed E-state index contributed by atoms with van der Waals surface area (Å²) in [7, 11) is 0. The minimum atomic E-state index is -0.580. The molecule has 1 aliphatic carbocycles. The van der Waals surface area contributed by atoms with Gasteiger partial charge in [0.2, 0.25) is 0 Å². The molecule has 0 radical (unpaired) electrons. The summed E-state index contributed by atoms with van der Waals surface area (Å²) >= 11 is 0. The summed E-state index contributed by atoms with van der Waals surface area (Å²) in [5.41, 5.74) is 1.00. The molecule has 1 aliphatic rings. The first-order valence-corrected chi connectivity index (χ1v) is 9.85. The molecule has 1 unspecified atom stereocenters. The topological polar surface area (TPSA) is 76.8 Å². The Bertz CT molecular complexity index is 690. The van der Waals surface area contributed by atoms with E-state index in [1.807, 2.05) is 44.2 Å². The largest absolute Gasteiger partial charge is 0.494 e. The Labute approximate surface area is 160 Å². The number of hydrogen-bond acceptors (Lipinski definition) is 6. The zero-order chi connectivity index (χ0) is 19.2. The number of ether oxygens (including phenoxy) is 2. The van der Waals surface area contributed by atoms with Crippen molar-refractivity contribution >= 4 is 0 Å². The van der Waals surface area contributed by atoms with Gasteiger partial charge in [-0.1, -0.05) is 5.16 Å². The standard InChI is InChI=1S/C21H30N2O4/c1-4-25-17-9-11-19(12-10-17)26-18-7-5-16(6-8-18)20-13-21(27-23-20)14(2)22-15(3)24/h9-16,18,22,24H,4-8H2,1-3H3/t14-,15?,16?,18?/m0/s1. The molecule has 0 spiro atoms. The van der Waals surface area contributed by atoms with Gasteiger partial charge in [-0.3, -0.25) is 5.32 Å². The van der Waals surface area contributed by atoms with Crippen molar-refractivity contribution in [3.8, 4) is 11.5 Å². The number of aliphatic hydroxyl groups excluding tert-OH is 1. The molecule has 3 rings (SSSR count). The van der Waals surface area contributed by atoms with Gasteiger partial charge in [0.05, 0.1) is 24.4 Å². The van der Waals surface area contributed by atoms with Crippen molar-refractivity contribution in [1.29, 1.82) is 0 Å². The van der Waals surface area contributed by atoms with Crippen LogP contribution in [-0.4, -0.2) is 29.2 Å². The first kappa shape index (κ1) is 19.7. The highest BCUT2D eigenvalue weighted by Crippen LogP contribution is 2.35. The van der Waals surface area contributed by atoms with Gasteiger partial charge in [0, 0.05) is 12.0 Å². The summed E-state index contributed by atoms with van der Waals surface area (Å²) in [5.74, 6) is 2.93. The van der Waals surface area contributed by atoms with Crippen LogP contribution in [-0.2, 0) is 0 Å². The van der Waals surface area contributed by atoms with Crippen LogP contribution in [0.2, 0.25) is 0 Å². The van der Waals surface area contributed by atoms with Gasteiger partial charge in [-0.15, -0.1) is 0 Å². The lowest BCUT2D eigenvalue weighted by Crippen LogP contribution is -2.28. The number of nitrogens with one attached hydrogen (secondary N) is 1. The van der Waals surface area contributed by atoms with Gasteiger partial charge in [-0.25, -0.2) is 0 Å². The maximum atomic E-state index is 9.44. The molecule has 1 saturated carbocycles. The molecule has 1 aromatic heterocycles. The minimum Gasteiger partial charge on any atom is -0.494 e. The van der Waals surface area contributed by atoms with Crippen molar-refractivity contribution in [2.24, 2.45) is 0 Å².